The number of hydrogen-bond acceptors (Lipinski definition) is 4. The second kappa shape index (κ2) is 5.52. The van der Waals surface area contributed by atoms with Gasteiger partial charge >= 0.3 is 5.69 Å². The molecule has 0 unspecified atom stereocenters. The highest BCUT2D eigenvalue weighted by atomic mass is 16.6. The van der Waals surface area contributed by atoms with Crippen molar-refractivity contribution in [2.24, 2.45) is 5.92 Å². The number of nitro groups is 1. The first-order chi connectivity index (χ1) is 7.97. The molecule has 0 aliphatic heterocycles. The van der Waals surface area contributed by atoms with Gasteiger partial charge in [-0.1, -0.05) is 19.9 Å². The molecular formula is C12H19N3O2. The van der Waals surface area contributed by atoms with Gasteiger partial charge in [0.15, 0.2) is 0 Å². The molecule has 0 spiro atoms. The summed E-state index contributed by atoms with van der Waals surface area (Å²) in [7, 11) is 3.57. The number of anilines is 2. The highest BCUT2D eigenvalue weighted by molar-refractivity contribution is 5.76. The Morgan fingerprint density at radius 1 is 1.47 bits per heavy atom. The number of hydrogen-bond donors (Lipinski definition) is 1. The van der Waals surface area contributed by atoms with Crippen molar-refractivity contribution in [3.8, 4) is 0 Å². The third kappa shape index (κ3) is 3.09. The van der Waals surface area contributed by atoms with Gasteiger partial charge in [0.05, 0.1) is 4.92 Å². The van der Waals surface area contributed by atoms with Gasteiger partial charge in [0.2, 0.25) is 0 Å². The molecule has 0 radical (unpaired) electrons. The van der Waals surface area contributed by atoms with Crippen LogP contribution in [-0.4, -0.2) is 25.6 Å². The lowest BCUT2D eigenvalue weighted by Gasteiger charge is -2.22. The number of nitrogens with zero attached hydrogens (tertiary/aromatic N) is 2. The average Bonchev–Trinajstić information content (AvgIpc) is 2.26. The molecule has 0 aliphatic rings. The van der Waals surface area contributed by atoms with Crippen molar-refractivity contribution in [1.29, 1.82) is 0 Å². The third-order valence-corrected chi connectivity index (χ3v) is 2.52. The summed E-state index contributed by atoms with van der Waals surface area (Å²) in [6.45, 7) is 4.96. The van der Waals surface area contributed by atoms with Crippen LogP contribution in [0.2, 0.25) is 0 Å². The van der Waals surface area contributed by atoms with E-state index in [0.717, 1.165) is 6.54 Å². The monoisotopic (exact) mass is 237 g/mol. The first kappa shape index (κ1) is 13.3. The molecule has 1 aromatic rings. The fourth-order valence-electron chi connectivity index (χ4n) is 1.88. The van der Waals surface area contributed by atoms with E-state index in [1.165, 1.54) is 0 Å². The molecule has 0 heterocycles. The number of benzene rings is 1. The zero-order valence-corrected chi connectivity index (χ0v) is 10.7. The number of nitrogens with one attached hydrogen (secondary N) is 1. The van der Waals surface area contributed by atoms with Gasteiger partial charge in [0.1, 0.15) is 11.4 Å². The van der Waals surface area contributed by atoms with Gasteiger partial charge in [-0.2, -0.15) is 0 Å². The van der Waals surface area contributed by atoms with Gasteiger partial charge in [-0.25, -0.2) is 0 Å². The van der Waals surface area contributed by atoms with Gasteiger partial charge in [-0.05, 0) is 18.1 Å². The minimum atomic E-state index is -0.335. The zero-order valence-electron chi connectivity index (χ0n) is 10.7. The second-order valence-electron chi connectivity index (χ2n) is 4.45. The quantitative estimate of drug-likeness (QED) is 0.632. The Morgan fingerprint density at radius 2 is 2.12 bits per heavy atom. The molecule has 0 aliphatic carbocycles. The molecule has 0 saturated heterocycles. The van der Waals surface area contributed by atoms with Gasteiger partial charge in [0.25, 0.3) is 0 Å². The lowest BCUT2D eigenvalue weighted by Crippen LogP contribution is -2.23. The van der Waals surface area contributed by atoms with Crippen molar-refractivity contribution in [2.75, 3.05) is 30.9 Å². The predicted molar refractivity (Wildman–Crippen MR) is 70.8 cm³/mol. The van der Waals surface area contributed by atoms with E-state index in [-0.39, 0.29) is 10.6 Å². The summed E-state index contributed by atoms with van der Waals surface area (Å²) < 4.78 is 0. The van der Waals surface area contributed by atoms with Crippen LogP contribution in [0, 0.1) is 16.0 Å². The van der Waals surface area contributed by atoms with E-state index in [9.17, 15) is 10.1 Å². The Bertz CT molecular complexity index is 405. The molecule has 1 aromatic carbocycles. The molecule has 94 valence electrons. The Balaban J connectivity index is 3.18. The summed E-state index contributed by atoms with van der Waals surface area (Å²) in [6.07, 6.45) is 0. The molecule has 0 atom stereocenters. The molecule has 0 saturated carbocycles. The largest absolute Gasteiger partial charge is 0.382 e. The van der Waals surface area contributed by atoms with Crippen molar-refractivity contribution in [3.05, 3.63) is 28.3 Å². The molecule has 1 N–H and O–H groups in total. The minimum absolute atomic E-state index is 0.137. The minimum Gasteiger partial charge on any atom is -0.382 e. The van der Waals surface area contributed by atoms with Gasteiger partial charge < -0.3 is 10.2 Å². The van der Waals surface area contributed by atoms with Crippen molar-refractivity contribution in [2.45, 2.75) is 13.8 Å². The molecule has 0 fully saturated rings. The first-order valence-electron chi connectivity index (χ1n) is 5.63. The van der Waals surface area contributed by atoms with Crippen LogP contribution in [0.3, 0.4) is 0 Å². The predicted octanol–water partition coefficient (Wildman–Crippen LogP) is 2.73. The van der Waals surface area contributed by atoms with Crippen LogP contribution in [0.5, 0.6) is 0 Å². The Labute approximate surface area is 102 Å². The lowest BCUT2D eigenvalue weighted by atomic mass is 10.1. The molecule has 0 aromatic heterocycles. The average molecular weight is 237 g/mol. The molecule has 0 amide bonds. The summed E-state index contributed by atoms with van der Waals surface area (Å²) in [5, 5.41) is 14.0. The van der Waals surface area contributed by atoms with Gasteiger partial charge in [-0.15, -0.1) is 0 Å². The van der Waals surface area contributed by atoms with E-state index < -0.39 is 0 Å². The topological polar surface area (TPSA) is 58.4 Å². The van der Waals surface area contributed by atoms with Crippen LogP contribution in [0.15, 0.2) is 18.2 Å². The van der Waals surface area contributed by atoms with Crippen LogP contribution in [0.25, 0.3) is 0 Å². The molecule has 17 heavy (non-hydrogen) atoms. The summed E-state index contributed by atoms with van der Waals surface area (Å²) in [5.41, 5.74) is 1.33. The summed E-state index contributed by atoms with van der Waals surface area (Å²) in [5.74, 6) is 0.456. The van der Waals surface area contributed by atoms with Gasteiger partial charge in [-0.3, -0.25) is 10.1 Å². The highest BCUT2D eigenvalue weighted by Gasteiger charge is 2.21. The number of nitro benzene ring substituents is 1. The van der Waals surface area contributed by atoms with E-state index in [0.29, 0.717) is 17.3 Å². The fourth-order valence-corrected chi connectivity index (χ4v) is 1.88. The highest BCUT2D eigenvalue weighted by Crippen LogP contribution is 2.34. The van der Waals surface area contributed by atoms with E-state index >= 15 is 0 Å². The molecule has 1 rings (SSSR count). The van der Waals surface area contributed by atoms with Crippen LogP contribution < -0.4 is 10.2 Å². The lowest BCUT2D eigenvalue weighted by molar-refractivity contribution is -0.383. The maximum atomic E-state index is 11.1. The van der Waals surface area contributed by atoms with Crippen LogP contribution in [0.4, 0.5) is 17.1 Å². The van der Waals surface area contributed by atoms with Crippen LogP contribution in [-0.2, 0) is 0 Å². The smallest absolute Gasteiger partial charge is 0.315 e. The van der Waals surface area contributed by atoms with E-state index in [4.69, 9.17) is 0 Å². The number of para-hydroxylation sites is 1. The number of rotatable bonds is 5. The van der Waals surface area contributed by atoms with Crippen molar-refractivity contribution >= 4 is 17.1 Å². The van der Waals surface area contributed by atoms with Crippen molar-refractivity contribution in [3.63, 3.8) is 0 Å². The van der Waals surface area contributed by atoms with Crippen LogP contribution in [0.1, 0.15) is 13.8 Å². The first-order valence-corrected chi connectivity index (χ1v) is 5.63. The Morgan fingerprint density at radius 3 is 2.59 bits per heavy atom. The normalized spacial score (nSPS) is 10.4. The SMILES string of the molecule is CNc1cccc(N(C)CC(C)C)c1[N+](=O)[O-]. The van der Waals surface area contributed by atoms with E-state index in [1.54, 1.807) is 19.2 Å². The maximum Gasteiger partial charge on any atom is 0.315 e. The van der Waals surface area contributed by atoms with E-state index in [1.807, 2.05) is 18.0 Å². The van der Waals surface area contributed by atoms with Gasteiger partial charge in [0, 0.05) is 20.6 Å². The maximum absolute atomic E-state index is 11.1. The summed E-state index contributed by atoms with van der Waals surface area (Å²) >= 11 is 0. The fraction of sp³-hybridized carbons (Fsp3) is 0.500. The second-order valence-corrected chi connectivity index (χ2v) is 4.45. The standard InChI is InChI=1S/C12H19N3O2/c1-9(2)8-14(4)11-7-5-6-10(13-3)12(11)15(16)17/h5-7,9,13H,8H2,1-4H3. The third-order valence-electron chi connectivity index (χ3n) is 2.52. The zero-order chi connectivity index (χ0) is 13.0. The van der Waals surface area contributed by atoms with Crippen LogP contribution >= 0.6 is 0 Å². The summed E-state index contributed by atoms with van der Waals surface area (Å²) in [6, 6.07) is 5.32. The molecular weight excluding hydrogens is 218 g/mol. The van der Waals surface area contributed by atoms with E-state index in [2.05, 4.69) is 19.2 Å². The molecule has 5 heteroatoms. The Hall–Kier alpha value is -1.78. The molecule has 0 bridgehead atoms. The Kier molecular flexibility index (Phi) is 4.31. The summed E-state index contributed by atoms with van der Waals surface area (Å²) in [4.78, 5) is 12.7. The van der Waals surface area contributed by atoms with Crippen molar-refractivity contribution in [1.82, 2.24) is 0 Å². The van der Waals surface area contributed by atoms with Crippen molar-refractivity contribution < 1.29 is 4.92 Å². The molecule has 5 nitrogen and oxygen atoms in total.